The molecule has 0 aliphatic carbocycles. The van der Waals surface area contributed by atoms with E-state index in [9.17, 15) is 4.79 Å². The van der Waals surface area contributed by atoms with E-state index in [2.05, 4.69) is 23.3 Å². The van der Waals surface area contributed by atoms with Gasteiger partial charge in [-0.2, -0.15) is 0 Å². The summed E-state index contributed by atoms with van der Waals surface area (Å²) in [6.07, 6.45) is 1.75. The summed E-state index contributed by atoms with van der Waals surface area (Å²) >= 11 is 12.4. The smallest absolute Gasteiger partial charge is 0.262 e. The van der Waals surface area contributed by atoms with Crippen LogP contribution in [-0.2, 0) is 4.79 Å². The van der Waals surface area contributed by atoms with Crippen molar-refractivity contribution in [3.05, 3.63) is 86.9 Å². The van der Waals surface area contributed by atoms with Gasteiger partial charge in [0.1, 0.15) is 5.75 Å². The molecule has 1 amide bonds. The fourth-order valence-corrected chi connectivity index (χ4v) is 3.24. The first kappa shape index (κ1) is 21.9. The Hall–Kier alpha value is -2.82. The van der Waals surface area contributed by atoms with Crippen LogP contribution in [-0.4, -0.2) is 18.7 Å². The number of hydrogen-bond donors (Lipinski definition) is 1. The summed E-state index contributed by atoms with van der Waals surface area (Å²) in [6, 6.07) is 16.7. The van der Waals surface area contributed by atoms with Crippen LogP contribution in [0.25, 0.3) is 0 Å². The van der Waals surface area contributed by atoms with Crippen LogP contribution in [0.3, 0.4) is 0 Å². The standard InChI is InChI=1S/C24H22Cl2N2O2/c1-15-4-8-22(17(3)10-15)27-13-18-6-9-23(21(26)11-18)30-14-24(29)28-19-7-5-16(2)20(25)12-19/h4-13H,14H2,1-3H3,(H,28,29). The van der Waals surface area contributed by atoms with Crippen molar-refractivity contribution in [1.82, 2.24) is 0 Å². The third-order valence-corrected chi connectivity index (χ3v) is 5.18. The zero-order valence-corrected chi connectivity index (χ0v) is 18.5. The summed E-state index contributed by atoms with van der Waals surface area (Å²) in [7, 11) is 0. The van der Waals surface area contributed by atoms with Crippen molar-refractivity contribution in [3.8, 4) is 5.75 Å². The number of aliphatic imine (C=N–C) groups is 1. The molecule has 3 aromatic carbocycles. The molecule has 30 heavy (non-hydrogen) atoms. The Morgan fingerprint density at radius 1 is 0.967 bits per heavy atom. The second kappa shape index (κ2) is 9.79. The summed E-state index contributed by atoms with van der Waals surface area (Å²) in [6.45, 7) is 5.81. The maximum absolute atomic E-state index is 12.1. The molecule has 0 spiro atoms. The summed E-state index contributed by atoms with van der Waals surface area (Å²) in [5.41, 5.74) is 5.61. The number of nitrogens with one attached hydrogen (secondary N) is 1. The highest BCUT2D eigenvalue weighted by Crippen LogP contribution is 2.26. The van der Waals surface area contributed by atoms with Gasteiger partial charge in [0.15, 0.2) is 6.61 Å². The Morgan fingerprint density at radius 2 is 1.77 bits per heavy atom. The van der Waals surface area contributed by atoms with Gasteiger partial charge < -0.3 is 10.1 Å². The second-order valence-electron chi connectivity index (χ2n) is 7.04. The number of aryl methyl sites for hydroxylation is 3. The minimum atomic E-state index is -0.300. The predicted molar refractivity (Wildman–Crippen MR) is 125 cm³/mol. The van der Waals surface area contributed by atoms with E-state index >= 15 is 0 Å². The molecule has 0 fully saturated rings. The molecular formula is C24H22Cl2N2O2. The molecule has 6 heteroatoms. The van der Waals surface area contributed by atoms with E-state index < -0.39 is 0 Å². The lowest BCUT2D eigenvalue weighted by Crippen LogP contribution is -2.20. The monoisotopic (exact) mass is 440 g/mol. The van der Waals surface area contributed by atoms with Crippen LogP contribution in [0.2, 0.25) is 10.0 Å². The number of amides is 1. The number of rotatable bonds is 6. The van der Waals surface area contributed by atoms with E-state index in [0.29, 0.717) is 21.5 Å². The maximum atomic E-state index is 12.1. The van der Waals surface area contributed by atoms with E-state index in [1.165, 1.54) is 5.56 Å². The van der Waals surface area contributed by atoms with Crippen LogP contribution in [0, 0.1) is 20.8 Å². The number of carbonyl (C=O) groups excluding carboxylic acids is 1. The van der Waals surface area contributed by atoms with E-state index in [1.807, 2.05) is 38.1 Å². The van der Waals surface area contributed by atoms with Crippen LogP contribution in [0.5, 0.6) is 5.75 Å². The number of halogens is 2. The van der Waals surface area contributed by atoms with Gasteiger partial charge in [0.2, 0.25) is 0 Å². The quantitative estimate of drug-likeness (QED) is 0.434. The first-order valence-corrected chi connectivity index (χ1v) is 10.2. The molecule has 3 rings (SSSR count). The molecule has 0 saturated heterocycles. The van der Waals surface area contributed by atoms with E-state index in [-0.39, 0.29) is 12.5 Å². The summed E-state index contributed by atoms with van der Waals surface area (Å²) in [5.74, 6) is 0.129. The van der Waals surface area contributed by atoms with Gasteiger partial charge in [-0.15, -0.1) is 0 Å². The molecule has 0 heterocycles. The number of anilines is 1. The van der Waals surface area contributed by atoms with Gasteiger partial charge in [-0.3, -0.25) is 9.79 Å². The van der Waals surface area contributed by atoms with Crippen LogP contribution >= 0.6 is 23.2 Å². The number of ether oxygens (including phenoxy) is 1. The highest BCUT2D eigenvalue weighted by Gasteiger charge is 2.08. The van der Waals surface area contributed by atoms with Crippen LogP contribution in [0.4, 0.5) is 11.4 Å². The number of carbonyl (C=O) groups is 1. The molecule has 0 aliphatic heterocycles. The van der Waals surface area contributed by atoms with Gasteiger partial charge in [-0.05, 0) is 73.9 Å². The van der Waals surface area contributed by atoms with Gasteiger partial charge in [-0.25, -0.2) is 0 Å². The van der Waals surface area contributed by atoms with Crippen molar-refractivity contribution >= 4 is 46.7 Å². The van der Waals surface area contributed by atoms with Gasteiger partial charge in [0, 0.05) is 16.9 Å². The van der Waals surface area contributed by atoms with Crippen molar-refractivity contribution in [1.29, 1.82) is 0 Å². The Morgan fingerprint density at radius 3 is 2.47 bits per heavy atom. The fourth-order valence-electron chi connectivity index (χ4n) is 2.82. The van der Waals surface area contributed by atoms with Gasteiger partial charge >= 0.3 is 0 Å². The largest absolute Gasteiger partial charge is 0.482 e. The normalized spacial score (nSPS) is 11.0. The zero-order chi connectivity index (χ0) is 21.7. The molecule has 0 aromatic heterocycles. The molecule has 154 valence electrons. The molecule has 0 aliphatic rings. The molecule has 0 atom stereocenters. The Labute approximate surface area is 186 Å². The molecular weight excluding hydrogens is 419 g/mol. The average Bonchev–Trinajstić information content (AvgIpc) is 2.69. The minimum Gasteiger partial charge on any atom is -0.482 e. The van der Waals surface area contributed by atoms with Crippen molar-refractivity contribution in [2.24, 2.45) is 4.99 Å². The lowest BCUT2D eigenvalue weighted by Gasteiger charge is -2.10. The van der Waals surface area contributed by atoms with E-state index in [1.54, 1.807) is 30.5 Å². The minimum absolute atomic E-state index is 0.165. The van der Waals surface area contributed by atoms with Gasteiger partial charge in [0.25, 0.3) is 5.91 Å². The summed E-state index contributed by atoms with van der Waals surface area (Å²) < 4.78 is 5.55. The van der Waals surface area contributed by atoms with E-state index in [0.717, 1.165) is 22.4 Å². The fraction of sp³-hybridized carbons (Fsp3) is 0.167. The molecule has 0 saturated carbocycles. The van der Waals surface area contributed by atoms with Crippen molar-refractivity contribution in [2.75, 3.05) is 11.9 Å². The molecule has 0 unspecified atom stereocenters. The van der Waals surface area contributed by atoms with Crippen molar-refractivity contribution < 1.29 is 9.53 Å². The number of nitrogens with zero attached hydrogens (tertiary/aromatic N) is 1. The number of hydrogen-bond acceptors (Lipinski definition) is 3. The van der Waals surface area contributed by atoms with Crippen molar-refractivity contribution in [2.45, 2.75) is 20.8 Å². The summed E-state index contributed by atoms with van der Waals surface area (Å²) in [5, 5.41) is 3.75. The third kappa shape index (κ3) is 5.85. The topological polar surface area (TPSA) is 50.7 Å². The zero-order valence-electron chi connectivity index (χ0n) is 17.0. The Bertz CT molecular complexity index is 1110. The predicted octanol–water partition coefficient (Wildman–Crippen LogP) is 6.69. The highest BCUT2D eigenvalue weighted by atomic mass is 35.5. The first-order chi connectivity index (χ1) is 14.3. The Balaban J connectivity index is 1.60. The Kier molecular flexibility index (Phi) is 7.14. The third-order valence-electron chi connectivity index (χ3n) is 4.48. The lowest BCUT2D eigenvalue weighted by atomic mass is 10.1. The van der Waals surface area contributed by atoms with E-state index in [4.69, 9.17) is 27.9 Å². The molecule has 3 aromatic rings. The van der Waals surface area contributed by atoms with Crippen molar-refractivity contribution in [3.63, 3.8) is 0 Å². The SMILES string of the molecule is Cc1ccc(N=Cc2ccc(OCC(=O)Nc3ccc(C)c(Cl)c3)c(Cl)c2)c(C)c1. The van der Waals surface area contributed by atoms with Crippen LogP contribution < -0.4 is 10.1 Å². The van der Waals surface area contributed by atoms with Gasteiger partial charge in [-0.1, -0.05) is 47.0 Å². The first-order valence-electron chi connectivity index (χ1n) is 9.41. The molecule has 4 nitrogen and oxygen atoms in total. The molecule has 0 radical (unpaired) electrons. The molecule has 0 bridgehead atoms. The van der Waals surface area contributed by atoms with Gasteiger partial charge in [0.05, 0.1) is 10.7 Å². The highest BCUT2D eigenvalue weighted by molar-refractivity contribution is 6.32. The summed E-state index contributed by atoms with van der Waals surface area (Å²) in [4.78, 5) is 16.7. The average molecular weight is 441 g/mol. The maximum Gasteiger partial charge on any atom is 0.262 e. The molecule has 1 N–H and O–H groups in total. The second-order valence-corrected chi connectivity index (χ2v) is 7.85. The lowest BCUT2D eigenvalue weighted by molar-refractivity contribution is -0.118. The van der Waals surface area contributed by atoms with Crippen LogP contribution in [0.1, 0.15) is 22.3 Å². The van der Waals surface area contributed by atoms with Crippen LogP contribution in [0.15, 0.2) is 59.6 Å². The number of benzene rings is 3.